The standard InChI is InChI=1S/C16H21BrFN5O2S/c1-26(24,25)15-22-14(21-11-4-6-20-7-5-11)9-16(19,23-15)10-2-3-13(18)12(17)8-10/h2-3,8-9,11,20-21H,4-7,19H2,1H3,(H,22,23). The van der Waals surface area contributed by atoms with E-state index in [0.29, 0.717) is 11.4 Å². The number of hydrogen-bond acceptors (Lipinski definition) is 7. The van der Waals surface area contributed by atoms with E-state index in [2.05, 4.69) is 36.9 Å². The highest BCUT2D eigenvalue weighted by Gasteiger charge is 2.33. The second-order valence-electron chi connectivity index (χ2n) is 6.49. The maximum absolute atomic E-state index is 13.6. The monoisotopic (exact) mass is 445 g/mol. The van der Waals surface area contributed by atoms with E-state index in [-0.39, 0.29) is 15.7 Å². The van der Waals surface area contributed by atoms with Crippen LogP contribution in [0.15, 0.2) is 39.6 Å². The first-order valence-electron chi connectivity index (χ1n) is 8.19. The zero-order valence-electron chi connectivity index (χ0n) is 14.2. The summed E-state index contributed by atoms with van der Waals surface area (Å²) in [6, 6.07) is 4.45. The Labute approximate surface area is 160 Å². The van der Waals surface area contributed by atoms with Crippen LogP contribution in [0.3, 0.4) is 0 Å². The number of sulfone groups is 1. The summed E-state index contributed by atoms with van der Waals surface area (Å²) in [5.74, 6) is 0.0471. The summed E-state index contributed by atoms with van der Waals surface area (Å²) in [4.78, 5) is 4.19. The Kier molecular flexibility index (Phi) is 5.38. The summed E-state index contributed by atoms with van der Waals surface area (Å²) >= 11 is 3.13. The van der Waals surface area contributed by atoms with Crippen LogP contribution >= 0.6 is 15.9 Å². The Balaban J connectivity index is 1.99. The van der Waals surface area contributed by atoms with Gasteiger partial charge in [-0.15, -0.1) is 0 Å². The van der Waals surface area contributed by atoms with Crippen molar-refractivity contribution in [2.24, 2.45) is 10.7 Å². The molecule has 1 unspecified atom stereocenters. The Morgan fingerprint density at radius 1 is 1.38 bits per heavy atom. The van der Waals surface area contributed by atoms with Crippen molar-refractivity contribution >= 4 is 30.9 Å². The number of piperidine rings is 1. The molecule has 142 valence electrons. The zero-order chi connectivity index (χ0) is 18.9. The van der Waals surface area contributed by atoms with Gasteiger partial charge in [-0.3, -0.25) is 5.73 Å². The Hall–Kier alpha value is -1.49. The van der Waals surface area contributed by atoms with Crippen molar-refractivity contribution in [2.75, 3.05) is 19.3 Å². The van der Waals surface area contributed by atoms with Crippen LogP contribution in [0.4, 0.5) is 4.39 Å². The molecule has 3 rings (SSSR count). The van der Waals surface area contributed by atoms with Gasteiger partial charge in [0.1, 0.15) is 11.6 Å². The lowest BCUT2D eigenvalue weighted by molar-refractivity contribution is 0.403. The second-order valence-corrected chi connectivity index (χ2v) is 9.28. The topological polar surface area (TPSA) is 109 Å². The smallest absolute Gasteiger partial charge is 0.224 e. The van der Waals surface area contributed by atoms with E-state index in [1.807, 2.05) is 0 Å². The third kappa shape index (κ3) is 4.25. The summed E-state index contributed by atoms with van der Waals surface area (Å²) in [6.45, 7) is 1.77. The fourth-order valence-electron chi connectivity index (χ4n) is 2.93. The van der Waals surface area contributed by atoms with E-state index in [1.54, 1.807) is 6.08 Å². The summed E-state index contributed by atoms with van der Waals surface area (Å²) in [7, 11) is -3.62. The largest absolute Gasteiger partial charge is 0.369 e. The fraction of sp³-hybridized carbons (Fsp3) is 0.438. The highest BCUT2D eigenvalue weighted by Crippen LogP contribution is 2.29. The number of amidine groups is 1. The van der Waals surface area contributed by atoms with Crippen LogP contribution in [0.1, 0.15) is 18.4 Å². The second kappa shape index (κ2) is 7.26. The first-order valence-corrected chi connectivity index (χ1v) is 10.9. The van der Waals surface area contributed by atoms with Crippen molar-refractivity contribution in [3.63, 3.8) is 0 Å². The first kappa shape index (κ1) is 19.3. The average molecular weight is 446 g/mol. The van der Waals surface area contributed by atoms with Crippen LogP contribution in [0, 0.1) is 5.82 Å². The lowest BCUT2D eigenvalue weighted by atomic mass is 9.99. The molecular weight excluding hydrogens is 425 g/mol. The Morgan fingerprint density at radius 2 is 2.08 bits per heavy atom. The number of rotatable bonds is 3. The number of aliphatic imine (C=N–C) groups is 1. The molecule has 1 fully saturated rings. The van der Waals surface area contributed by atoms with Crippen LogP contribution in [-0.4, -0.2) is 39.0 Å². The van der Waals surface area contributed by atoms with Crippen molar-refractivity contribution in [2.45, 2.75) is 24.5 Å². The quantitative estimate of drug-likeness (QED) is 0.549. The molecule has 7 nitrogen and oxygen atoms in total. The number of nitrogens with zero attached hydrogens (tertiary/aromatic N) is 1. The molecule has 10 heteroatoms. The third-order valence-corrected chi connectivity index (χ3v) is 5.83. The van der Waals surface area contributed by atoms with Crippen LogP contribution in [-0.2, 0) is 15.5 Å². The van der Waals surface area contributed by atoms with Crippen molar-refractivity contribution in [3.8, 4) is 0 Å². The predicted molar refractivity (Wildman–Crippen MR) is 102 cm³/mol. The van der Waals surface area contributed by atoms with Gasteiger partial charge in [0.2, 0.25) is 15.0 Å². The lowest BCUT2D eigenvalue weighted by Crippen LogP contribution is -2.50. The zero-order valence-corrected chi connectivity index (χ0v) is 16.6. The van der Waals surface area contributed by atoms with Crippen molar-refractivity contribution in [3.05, 3.63) is 45.9 Å². The lowest BCUT2D eigenvalue weighted by Gasteiger charge is -2.33. The summed E-state index contributed by atoms with van der Waals surface area (Å²) in [5, 5.41) is 9.18. The third-order valence-electron chi connectivity index (χ3n) is 4.32. The summed E-state index contributed by atoms with van der Waals surface area (Å²) in [5.41, 5.74) is 5.45. The molecule has 1 atom stereocenters. The molecule has 5 N–H and O–H groups in total. The normalized spacial score (nSPS) is 24.5. The van der Waals surface area contributed by atoms with Gasteiger partial charge >= 0.3 is 0 Å². The van der Waals surface area contributed by atoms with E-state index in [1.165, 1.54) is 18.2 Å². The van der Waals surface area contributed by atoms with Crippen molar-refractivity contribution in [1.29, 1.82) is 0 Å². The molecule has 1 aromatic carbocycles. The number of nitrogens with two attached hydrogens (primary N) is 1. The predicted octanol–water partition coefficient (Wildman–Crippen LogP) is 0.886. The first-order chi connectivity index (χ1) is 12.2. The van der Waals surface area contributed by atoms with Gasteiger partial charge in [0, 0.05) is 18.4 Å². The molecule has 1 aromatic rings. The van der Waals surface area contributed by atoms with Gasteiger partial charge in [0.15, 0.2) is 5.66 Å². The minimum Gasteiger partial charge on any atom is -0.369 e. The van der Waals surface area contributed by atoms with Crippen LogP contribution in [0.2, 0.25) is 0 Å². The Bertz CT molecular complexity index is 867. The molecule has 1 saturated heterocycles. The highest BCUT2D eigenvalue weighted by atomic mass is 79.9. The van der Waals surface area contributed by atoms with Crippen LogP contribution in [0.5, 0.6) is 0 Å². The molecule has 0 aromatic heterocycles. The SMILES string of the molecule is CS(=O)(=O)C1=NC(N)(c2ccc(F)c(Br)c2)C=C(NC2CCNCC2)N1. The minimum atomic E-state index is -3.62. The number of hydrogen-bond donors (Lipinski definition) is 4. The molecule has 2 aliphatic heterocycles. The van der Waals surface area contributed by atoms with E-state index < -0.39 is 21.3 Å². The molecular formula is C16H21BrFN5O2S. The molecule has 0 bridgehead atoms. The van der Waals surface area contributed by atoms with Crippen molar-refractivity contribution < 1.29 is 12.8 Å². The number of nitrogens with one attached hydrogen (secondary N) is 3. The van der Waals surface area contributed by atoms with E-state index in [9.17, 15) is 12.8 Å². The molecule has 0 saturated carbocycles. The molecule has 2 aliphatic rings. The molecule has 26 heavy (non-hydrogen) atoms. The molecule has 0 aliphatic carbocycles. The fourth-order valence-corrected chi connectivity index (χ4v) is 3.92. The van der Waals surface area contributed by atoms with Gasteiger partial charge in [0.05, 0.1) is 4.47 Å². The van der Waals surface area contributed by atoms with Crippen molar-refractivity contribution in [1.82, 2.24) is 16.0 Å². The summed E-state index contributed by atoms with van der Waals surface area (Å²) < 4.78 is 38.0. The van der Waals surface area contributed by atoms with E-state index in [0.717, 1.165) is 32.2 Å². The molecule has 2 heterocycles. The van der Waals surface area contributed by atoms with E-state index in [4.69, 9.17) is 5.73 Å². The highest BCUT2D eigenvalue weighted by molar-refractivity contribution is 9.10. The molecule has 0 spiro atoms. The van der Waals surface area contributed by atoms with Gasteiger partial charge in [-0.2, -0.15) is 0 Å². The van der Waals surface area contributed by atoms with Gasteiger partial charge in [-0.1, -0.05) is 6.07 Å². The van der Waals surface area contributed by atoms with Crippen LogP contribution in [0.25, 0.3) is 0 Å². The van der Waals surface area contributed by atoms with Gasteiger partial charge < -0.3 is 16.0 Å². The maximum Gasteiger partial charge on any atom is 0.224 e. The minimum absolute atomic E-state index is 0.193. The molecule has 0 amide bonds. The maximum atomic E-state index is 13.6. The number of benzene rings is 1. The average Bonchev–Trinajstić information content (AvgIpc) is 2.57. The Morgan fingerprint density at radius 3 is 2.69 bits per heavy atom. The van der Waals surface area contributed by atoms with Crippen LogP contribution < -0.4 is 21.7 Å². The molecule has 0 radical (unpaired) electrons. The summed E-state index contributed by atoms with van der Waals surface area (Å²) in [6.07, 6.45) is 4.50. The van der Waals surface area contributed by atoms with Gasteiger partial charge in [-0.05, 0) is 59.6 Å². The van der Waals surface area contributed by atoms with E-state index >= 15 is 0 Å². The van der Waals surface area contributed by atoms with Gasteiger partial charge in [0.25, 0.3) is 0 Å². The van der Waals surface area contributed by atoms with Gasteiger partial charge in [-0.25, -0.2) is 17.8 Å². The number of halogens is 2.